The third-order valence-corrected chi connectivity index (χ3v) is 5.00. The van der Waals surface area contributed by atoms with E-state index in [2.05, 4.69) is 4.90 Å². The second kappa shape index (κ2) is 3.34. The standard InChI is InChI=1S/C15H16N2O3/c1-16-6-8-5-15(8)11(16)4-10(18)13-12(15)9(7-17(13)2)14(19)20-3/h4,7-8H,5-6H2,1-3H3. The van der Waals surface area contributed by atoms with Gasteiger partial charge in [0, 0.05) is 49.6 Å². The fourth-order valence-electron chi connectivity index (χ4n) is 4.14. The number of ether oxygens (including phenoxy) is 1. The van der Waals surface area contributed by atoms with E-state index < -0.39 is 0 Å². The quantitative estimate of drug-likeness (QED) is 0.718. The van der Waals surface area contributed by atoms with E-state index in [-0.39, 0.29) is 17.2 Å². The van der Waals surface area contributed by atoms with Crippen LogP contribution < -0.4 is 0 Å². The lowest BCUT2D eigenvalue weighted by molar-refractivity contribution is 0.0599. The molecule has 2 heterocycles. The van der Waals surface area contributed by atoms with Crippen LogP contribution in [-0.4, -0.2) is 41.9 Å². The first-order valence-corrected chi connectivity index (χ1v) is 6.76. The van der Waals surface area contributed by atoms with E-state index in [0.29, 0.717) is 17.2 Å². The summed E-state index contributed by atoms with van der Waals surface area (Å²) in [6.45, 7) is 0.952. The molecule has 0 amide bonds. The molecule has 0 aromatic carbocycles. The first-order valence-electron chi connectivity index (χ1n) is 6.76. The Morgan fingerprint density at radius 2 is 2.20 bits per heavy atom. The molecule has 2 aliphatic carbocycles. The van der Waals surface area contributed by atoms with E-state index in [9.17, 15) is 9.59 Å². The highest BCUT2D eigenvalue weighted by Gasteiger charge is 2.67. The fourth-order valence-corrected chi connectivity index (χ4v) is 4.14. The molecular weight excluding hydrogens is 256 g/mol. The molecule has 1 aromatic rings. The second-order valence-electron chi connectivity index (χ2n) is 6.02. The molecule has 20 heavy (non-hydrogen) atoms. The van der Waals surface area contributed by atoms with Gasteiger partial charge >= 0.3 is 5.97 Å². The Labute approximate surface area is 116 Å². The third-order valence-electron chi connectivity index (χ3n) is 5.00. The van der Waals surface area contributed by atoms with E-state index in [1.165, 1.54) is 7.11 Å². The maximum atomic E-state index is 12.4. The number of methoxy groups -OCH3 is 1. The molecule has 1 aromatic heterocycles. The number of allylic oxidation sites excluding steroid dienone is 2. The predicted octanol–water partition coefficient (Wildman–Crippen LogP) is 1.09. The number of fused-ring (bicyclic) bond motifs is 1. The van der Waals surface area contributed by atoms with Gasteiger partial charge in [0.15, 0.2) is 0 Å². The van der Waals surface area contributed by atoms with Crippen LogP contribution in [0.2, 0.25) is 0 Å². The van der Waals surface area contributed by atoms with Gasteiger partial charge in [-0.15, -0.1) is 0 Å². The van der Waals surface area contributed by atoms with Crippen molar-refractivity contribution in [2.75, 3.05) is 20.7 Å². The first-order chi connectivity index (χ1) is 9.50. The topological polar surface area (TPSA) is 51.5 Å². The Balaban J connectivity index is 2.01. The highest BCUT2D eigenvalue weighted by atomic mass is 16.5. The van der Waals surface area contributed by atoms with Gasteiger partial charge in [-0.25, -0.2) is 4.79 Å². The Morgan fingerprint density at radius 1 is 1.45 bits per heavy atom. The van der Waals surface area contributed by atoms with E-state index in [0.717, 1.165) is 24.2 Å². The largest absolute Gasteiger partial charge is 0.465 e. The van der Waals surface area contributed by atoms with Crippen molar-refractivity contribution >= 4 is 11.8 Å². The summed E-state index contributed by atoms with van der Waals surface area (Å²) < 4.78 is 6.66. The molecule has 3 aliphatic rings. The summed E-state index contributed by atoms with van der Waals surface area (Å²) >= 11 is 0. The van der Waals surface area contributed by atoms with Crippen LogP contribution in [0.5, 0.6) is 0 Å². The van der Waals surface area contributed by atoms with Gasteiger partial charge in [-0.2, -0.15) is 0 Å². The highest BCUT2D eigenvalue weighted by molar-refractivity contribution is 6.10. The molecule has 0 bridgehead atoms. The minimum atomic E-state index is -0.356. The Hall–Kier alpha value is -2.04. The summed E-state index contributed by atoms with van der Waals surface area (Å²) in [4.78, 5) is 26.6. The molecular formula is C15H16N2O3. The lowest BCUT2D eigenvalue weighted by Gasteiger charge is -2.27. The SMILES string of the molecule is COC(=O)c1cn(C)c2c1C13CC1CN(C)C3=CC2=O. The second-order valence-corrected chi connectivity index (χ2v) is 6.02. The number of carbonyl (C=O) groups is 2. The summed E-state index contributed by atoms with van der Waals surface area (Å²) in [6.07, 6.45) is 4.50. The summed E-state index contributed by atoms with van der Waals surface area (Å²) in [5.74, 6) is 0.138. The van der Waals surface area contributed by atoms with Crippen molar-refractivity contribution in [3.05, 3.63) is 34.8 Å². The first kappa shape index (κ1) is 11.8. The van der Waals surface area contributed by atoms with Gasteiger partial charge in [0.2, 0.25) is 5.78 Å². The zero-order valence-electron chi connectivity index (χ0n) is 11.8. The van der Waals surface area contributed by atoms with Crippen LogP contribution in [0.4, 0.5) is 0 Å². The Bertz CT molecular complexity index is 700. The van der Waals surface area contributed by atoms with Crippen LogP contribution in [0.1, 0.15) is 32.8 Å². The average Bonchev–Trinajstić information content (AvgIpc) is 2.86. The molecule has 1 aliphatic heterocycles. The molecule has 5 heteroatoms. The molecule has 2 fully saturated rings. The summed E-state index contributed by atoms with van der Waals surface area (Å²) in [6, 6.07) is 0. The van der Waals surface area contributed by atoms with Crippen molar-refractivity contribution in [3.63, 3.8) is 0 Å². The van der Waals surface area contributed by atoms with E-state index in [1.54, 1.807) is 16.8 Å². The number of ketones is 1. The maximum absolute atomic E-state index is 12.4. The number of likely N-dealkylation sites (tertiary alicyclic amines) is 1. The molecule has 5 nitrogen and oxygen atoms in total. The summed E-state index contributed by atoms with van der Waals surface area (Å²) in [7, 11) is 5.21. The van der Waals surface area contributed by atoms with E-state index in [1.807, 2.05) is 14.1 Å². The van der Waals surface area contributed by atoms with Crippen LogP contribution in [0.15, 0.2) is 18.0 Å². The number of hydrogen-bond acceptors (Lipinski definition) is 4. The molecule has 104 valence electrons. The zero-order valence-corrected chi connectivity index (χ0v) is 11.8. The van der Waals surface area contributed by atoms with Crippen molar-refractivity contribution in [1.29, 1.82) is 0 Å². The van der Waals surface area contributed by atoms with Crippen LogP contribution in [-0.2, 0) is 17.2 Å². The molecule has 1 saturated heterocycles. The number of piperidine rings is 1. The van der Waals surface area contributed by atoms with Crippen molar-refractivity contribution in [2.24, 2.45) is 13.0 Å². The number of nitrogens with zero attached hydrogens (tertiary/aromatic N) is 2. The molecule has 2 unspecified atom stereocenters. The van der Waals surface area contributed by atoms with Crippen molar-refractivity contribution in [2.45, 2.75) is 11.8 Å². The predicted molar refractivity (Wildman–Crippen MR) is 71.6 cm³/mol. The van der Waals surface area contributed by atoms with Crippen LogP contribution >= 0.6 is 0 Å². The highest BCUT2D eigenvalue weighted by Crippen LogP contribution is 2.67. The Morgan fingerprint density at radius 3 is 2.90 bits per heavy atom. The van der Waals surface area contributed by atoms with Gasteiger partial charge in [-0.3, -0.25) is 4.79 Å². The van der Waals surface area contributed by atoms with E-state index >= 15 is 0 Å². The Kier molecular flexibility index (Phi) is 1.96. The summed E-state index contributed by atoms with van der Waals surface area (Å²) in [5, 5.41) is 0. The number of rotatable bonds is 1. The lowest BCUT2D eigenvalue weighted by Crippen LogP contribution is -2.28. The van der Waals surface area contributed by atoms with Crippen molar-refractivity contribution < 1.29 is 14.3 Å². The summed E-state index contributed by atoms with van der Waals surface area (Å²) in [5.41, 5.74) is 3.02. The average molecular weight is 272 g/mol. The van der Waals surface area contributed by atoms with Gasteiger partial charge in [0.1, 0.15) is 0 Å². The zero-order chi connectivity index (χ0) is 14.2. The number of esters is 1. The minimum absolute atomic E-state index is 0.0160. The van der Waals surface area contributed by atoms with Gasteiger partial charge in [-0.1, -0.05) is 0 Å². The normalized spacial score (nSPS) is 29.6. The maximum Gasteiger partial charge on any atom is 0.339 e. The smallest absolute Gasteiger partial charge is 0.339 e. The number of aromatic nitrogens is 1. The lowest BCUT2D eigenvalue weighted by atomic mass is 9.83. The van der Waals surface area contributed by atoms with Crippen molar-refractivity contribution in [1.82, 2.24) is 9.47 Å². The van der Waals surface area contributed by atoms with Crippen LogP contribution in [0.25, 0.3) is 0 Å². The molecule has 2 atom stereocenters. The van der Waals surface area contributed by atoms with Gasteiger partial charge < -0.3 is 14.2 Å². The molecule has 4 rings (SSSR count). The molecule has 0 radical (unpaired) electrons. The number of hydrogen-bond donors (Lipinski definition) is 0. The van der Waals surface area contributed by atoms with Crippen molar-refractivity contribution in [3.8, 4) is 0 Å². The van der Waals surface area contributed by atoms with Crippen LogP contribution in [0.3, 0.4) is 0 Å². The van der Waals surface area contributed by atoms with Gasteiger partial charge in [0.05, 0.1) is 18.4 Å². The fraction of sp³-hybridized carbons (Fsp3) is 0.467. The van der Waals surface area contributed by atoms with Crippen LogP contribution in [0, 0.1) is 5.92 Å². The van der Waals surface area contributed by atoms with Gasteiger partial charge in [0.25, 0.3) is 0 Å². The number of likely N-dealkylation sites (N-methyl/N-ethyl adjacent to an activating group) is 1. The van der Waals surface area contributed by atoms with Gasteiger partial charge in [-0.05, 0) is 12.3 Å². The van der Waals surface area contributed by atoms with E-state index in [4.69, 9.17) is 4.74 Å². The third kappa shape index (κ3) is 1.10. The number of carbonyl (C=O) groups excluding carboxylic acids is 2. The monoisotopic (exact) mass is 272 g/mol. The molecule has 1 saturated carbocycles. The molecule has 0 N–H and O–H groups in total. The number of aryl methyl sites for hydroxylation is 1. The minimum Gasteiger partial charge on any atom is -0.465 e. The molecule has 1 spiro atoms.